The molecule has 0 radical (unpaired) electrons. The molecule has 0 saturated carbocycles. The Morgan fingerprint density at radius 2 is 2.08 bits per heavy atom. The summed E-state index contributed by atoms with van der Waals surface area (Å²) in [6.07, 6.45) is 0.489. The van der Waals surface area contributed by atoms with Crippen molar-refractivity contribution in [2.75, 3.05) is 39.2 Å². The molecular formula is C28H37ClN6O5. The van der Waals surface area contributed by atoms with Crippen molar-refractivity contribution < 1.29 is 23.9 Å². The Hall–Kier alpha value is -3.41. The molecule has 0 aliphatic carbocycles. The summed E-state index contributed by atoms with van der Waals surface area (Å²) in [4.78, 5) is 23.7. The number of hydrogen-bond donors (Lipinski definition) is 3. The first-order valence-corrected chi connectivity index (χ1v) is 13.7. The van der Waals surface area contributed by atoms with Crippen molar-refractivity contribution in [1.82, 2.24) is 25.3 Å². The molecule has 11 nitrogen and oxygen atoms in total. The van der Waals surface area contributed by atoms with Crippen LogP contribution in [0.3, 0.4) is 0 Å². The molecule has 0 spiro atoms. The van der Waals surface area contributed by atoms with Gasteiger partial charge >= 0.3 is 6.09 Å². The number of aliphatic hydroxyl groups is 1. The number of piperidine rings is 1. The van der Waals surface area contributed by atoms with Crippen LogP contribution in [-0.2, 0) is 4.74 Å². The third-order valence-corrected chi connectivity index (χ3v) is 7.43. The summed E-state index contributed by atoms with van der Waals surface area (Å²) in [7, 11) is 3.17. The first-order valence-electron chi connectivity index (χ1n) is 13.3. The Balaban J connectivity index is 1.71. The molecule has 0 bridgehead atoms. The zero-order valence-electron chi connectivity index (χ0n) is 23.7. The van der Waals surface area contributed by atoms with E-state index in [-0.39, 0.29) is 24.8 Å². The SMILES string of the molecule is CNC[C@@H](O)COc1ccc(Cl)c(-c2nc(N[C@H]3CCN(C(=O)OC)[C@H](C)C3)c(C)c(-c3c(C)noc3C)n2)c1. The molecule has 3 atom stereocenters. The van der Waals surface area contributed by atoms with Gasteiger partial charge in [0.1, 0.15) is 30.0 Å². The molecule has 3 heterocycles. The molecule has 40 heavy (non-hydrogen) atoms. The lowest BCUT2D eigenvalue weighted by atomic mass is 9.98. The van der Waals surface area contributed by atoms with Crippen molar-refractivity contribution in [3.63, 3.8) is 0 Å². The normalized spacial score (nSPS) is 17.9. The summed E-state index contributed by atoms with van der Waals surface area (Å²) < 4.78 is 16.2. The second-order valence-electron chi connectivity index (χ2n) is 10.1. The van der Waals surface area contributed by atoms with E-state index in [1.807, 2.05) is 27.7 Å². The zero-order chi connectivity index (χ0) is 29.0. The van der Waals surface area contributed by atoms with E-state index in [0.29, 0.717) is 52.5 Å². The fourth-order valence-electron chi connectivity index (χ4n) is 4.98. The predicted octanol–water partition coefficient (Wildman–Crippen LogP) is 4.37. The van der Waals surface area contributed by atoms with Crippen LogP contribution in [0.1, 0.15) is 36.8 Å². The molecule has 4 rings (SSSR count). The van der Waals surface area contributed by atoms with Gasteiger partial charge in [0.2, 0.25) is 0 Å². The Labute approximate surface area is 239 Å². The number of methoxy groups -OCH3 is 1. The number of likely N-dealkylation sites (tertiary alicyclic amines) is 1. The van der Waals surface area contributed by atoms with E-state index in [4.69, 9.17) is 35.6 Å². The fraction of sp³-hybridized carbons (Fsp3) is 0.500. The van der Waals surface area contributed by atoms with Crippen LogP contribution >= 0.6 is 11.6 Å². The minimum absolute atomic E-state index is 0.00359. The number of amides is 1. The number of nitrogens with zero attached hydrogens (tertiary/aromatic N) is 4. The van der Waals surface area contributed by atoms with Crippen LogP contribution in [0.5, 0.6) is 5.75 Å². The van der Waals surface area contributed by atoms with Crippen molar-refractivity contribution >= 4 is 23.5 Å². The van der Waals surface area contributed by atoms with Gasteiger partial charge < -0.3 is 34.6 Å². The van der Waals surface area contributed by atoms with Gasteiger partial charge in [0, 0.05) is 36.3 Å². The smallest absolute Gasteiger partial charge is 0.409 e. The third kappa shape index (κ3) is 6.48. The quantitative estimate of drug-likeness (QED) is 0.339. The number of halogens is 1. The molecule has 1 aliphatic heterocycles. The standard InChI is InChI=1S/C28H37ClN6O5/c1-15-11-19(9-10-35(15)28(37)38-6)31-26-16(2)25(24-17(3)34-40-18(24)4)32-27(33-26)22-12-21(7-8-23(22)29)39-14-20(36)13-30-5/h7-8,12,15,19-20,30,36H,9-11,13-14H2,1-6H3,(H,31,32,33)/t15-,19+,20-/m1/s1. The highest BCUT2D eigenvalue weighted by Gasteiger charge is 2.30. The number of aromatic nitrogens is 3. The first-order chi connectivity index (χ1) is 19.1. The maximum atomic E-state index is 12.1. The van der Waals surface area contributed by atoms with Crippen LogP contribution in [0.15, 0.2) is 22.7 Å². The lowest BCUT2D eigenvalue weighted by Crippen LogP contribution is -2.48. The van der Waals surface area contributed by atoms with Gasteiger partial charge in [-0.05, 0) is 65.8 Å². The Morgan fingerprint density at radius 1 is 1.30 bits per heavy atom. The average Bonchev–Trinajstić information content (AvgIpc) is 3.26. The van der Waals surface area contributed by atoms with Crippen molar-refractivity contribution in [2.24, 2.45) is 0 Å². The number of anilines is 1. The minimum Gasteiger partial charge on any atom is -0.491 e. The maximum absolute atomic E-state index is 12.1. The summed E-state index contributed by atoms with van der Waals surface area (Å²) in [6, 6.07) is 5.33. The third-order valence-electron chi connectivity index (χ3n) is 7.10. The van der Waals surface area contributed by atoms with Crippen molar-refractivity contribution in [3.05, 3.63) is 40.2 Å². The van der Waals surface area contributed by atoms with Gasteiger partial charge in [-0.15, -0.1) is 0 Å². The lowest BCUT2D eigenvalue weighted by Gasteiger charge is -2.37. The predicted molar refractivity (Wildman–Crippen MR) is 153 cm³/mol. The number of nitrogens with one attached hydrogen (secondary N) is 2. The molecule has 216 valence electrons. The lowest BCUT2D eigenvalue weighted by molar-refractivity contribution is 0.0920. The molecule has 1 aromatic carbocycles. The highest BCUT2D eigenvalue weighted by Crippen LogP contribution is 2.36. The number of carbonyl (C=O) groups excluding carboxylic acids is 1. The van der Waals surface area contributed by atoms with Gasteiger partial charge in [0.15, 0.2) is 5.82 Å². The van der Waals surface area contributed by atoms with Crippen LogP contribution in [0, 0.1) is 20.8 Å². The molecule has 1 saturated heterocycles. The van der Waals surface area contributed by atoms with Crippen LogP contribution in [0.2, 0.25) is 5.02 Å². The average molecular weight is 573 g/mol. The van der Waals surface area contributed by atoms with Crippen LogP contribution < -0.4 is 15.4 Å². The second kappa shape index (κ2) is 12.8. The Kier molecular flexibility index (Phi) is 9.49. The molecule has 3 aromatic rings. The maximum Gasteiger partial charge on any atom is 0.409 e. The van der Waals surface area contributed by atoms with Gasteiger partial charge in [0.25, 0.3) is 0 Å². The van der Waals surface area contributed by atoms with Gasteiger partial charge in [-0.2, -0.15) is 0 Å². The number of carbonyl (C=O) groups is 1. The topological polar surface area (TPSA) is 135 Å². The number of hydrogen-bond acceptors (Lipinski definition) is 10. The van der Waals surface area contributed by atoms with Crippen LogP contribution in [0.25, 0.3) is 22.6 Å². The van der Waals surface area contributed by atoms with Crippen molar-refractivity contribution in [1.29, 1.82) is 0 Å². The van der Waals surface area contributed by atoms with Crippen LogP contribution in [-0.4, -0.2) is 83.3 Å². The van der Waals surface area contributed by atoms with Gasteiger partial charge in [0.05, 0.1) is 29.1 Å². The van der Waals surface area contributed by atoms with Gasteiger partial charge in [-0.1, -0.05) is 16.8 Å². The first kappa shape index (κ1) is 29.6. The summed E-state index contributed by atoms with van der Waals surface area (Å²) in [5.41, 5.74) is 3.65. The number of benzene rings is 1. The van der Waals surface area contributed by atoms with E-state index < -0.39 is 6.10 Å². The molecule has 12 heteroatoms. The van der Waals surface area contributed by atoms with E-state index >= 15 is 0 Å². The fourth-order valence-corrected chi connectivity index (χ4v) is 5.18. The summed E-state index contributed by atoms with van der Waals surface area (Å²) in [6.45, 7) is 8.81. The van der Waals surface area contributed by atoms with Crippen LogP contribution in [0.4, 0.5) is 10.6 Å². The van der Waals surface area contributed by atoms with E-state index in [9.17, 15) is 9.90 Å². The number of aliphatic hydroxyl groups excluding tert-OH is 1. The van der Waals surface area contributed by atoms with E-state index in [1.54, 1.807) is 30.1 Å². The molecule has 1 aliphatic rings. The van der Waals surface area contributed by atoms with Crippen molar-refractivity contribution in [2.45, 2.75) is 58.7 Å². The number of ether oxygens (including phenoxy) is 2. The molecule has 2 aromatic heterocycles. The van der Waals surface area contributed by atoms with E-state index in [0.717, 1.165) is 29.7 Å². The van der Waals surface area contributed by atoms with E-state index in [2.05, 4.69) is 15.8 Å². The highest BCUT2D eigenvalue weighted by atomic mass is 35.5. The molecule has 1 amide bonds. The van der Waals surface area contributed by atoms with Gasteiger partial charge in [-0.25, -0.2) is 14.8 Å². The Morgan fingerprint density at radius 3 is 2.73 bits per heavy atom. The largest absolute Gasteiger partial charge is 0.491 e. The monoisotopic (exact) mass is 572 g/mol. The Bertz CT molecular complexity index is 1330. The second-order valence-corrected chi connectivity index (χ2v) is 10.5. The summed E-state index contributed by atoms with van der Waals surface area (Å²) in [5, 5.41) is 21.2. The van der Waals surface area contributed by atoms with Crippen molar-refractivity contribution in [3.8, 4) is 28.4 Å². The summed E-state index contributed by atoms with van der Waals surface area (Å²) >= 11 is 6.65. The van der Waals surface area contributed by atoms with Gasteiger partial charge in [-0.3, -0.25) is 0 Å². The molecule has 3 N–H and O–H groups in total. The molecule has 1 fully saturated rings. The minimum atomic E-state index is -0.658. The zero-order valence-corrected chi connectivity index (χ0v) is 24.5. The van der Waals surface area contributed by atoms with E-state index in [1.165, 1.54) is 7.11 Å². The number of likely N-dealkylation sites (N-methyl/N-ethyl adjacent to an activating group) is 1. The molecule has 0 unspecified atom stereocenters. The summed E-state index contributed by atoms with van der Waals surface area (Å²) in [5.74, 6) is 2.26. The number of aryl methyl sites for hydroxylation is 2. The molecular weight excluding hydrogens is 536 g/mol. The highest BCUT2D eigenvalue weighted by molar-refractivity contribution is 6.33. The number of rotatable bonds is 9.